The third kappa shape index (κ3) is 2.89. The minimum Gasteiger partial charge on any atom is -0.406 e. The Hall–Kier alpha value is -2.37. The molecule has 0 atom stereocenters. The van der Waals surface area contributed by atoms with E-state index in [9.17, 15) is 0 Å². The fraction of sp³-hybridized carbons (Fsp3) is 0.400. The Kier molecular flexibility index (Phi) is 3.85. The van der Waals surface area contributed by atoms with E-state index in [1.54, 1.807) is 0 Å². The van der Waals surface area contributed by atoms with Crippen molar-refractivity contribution >= 4 is 17.0 Å². The number of unbranched alkanes of at least 4 members (excludes halogenated alkanes) is 1. The predicted octanol–water partition coefficient (Wildman–Crippen LogP) is 2.99. The van der Waals surface area contributed by atoms with Crippen LogP contribution in [0.25, 0.3) is 11.0 Å². The molecule has 0 aliphatic heterocycles. The highest BCUT2D eigenvalue weighted by Gasteiger charge is 2.11. The molecular weight excluding hydrogens is 266 g/mol. The van der Waals surface area contributed by atoms with Gasteiger partial charge in [0.1, 0.15) is 12.4 Å². The first-order valence-electron chi connectivity index (χ1n) is 7.26. The fourth-order valence-electron chi connectivity index (χ4n) is 2.29. The van der Waals surface area contributed by atoms with Gasteiger partial charge in [-0.1, -0.05) is 30.6 Å². The Bertz CT molecular complexity index is 731. The zero-order valence-corrected chi connectivity index (χ0v) is 12.3. The SMILES string of the molecule is CCCCNc1nnc(Cn2c(C)nc3ccccc32)o1. The van der Waals surface area contributed by atoms with Gasteiger partial charge < -0.3 is 14.3 Å². The molecule has 1 N–H and O–H groups in total. The molecule has 2 aromatic heterocycles. The number of fused-ring (bicyclic) bond motifs is 1. The maximum Gasteiger partial charge on any atom is 0.315 e. The Balaban J connectivity index is 1.77. The van der Waals surface area contributed by atoms with Crippen LogP contribution in [0.1, 0.15) is 31.5 Å². The summed E-state index contributed by atoms with van der Waals surface area (Å²) in [6.45, 7) is 5.52. The van der Waals surface area contributed by atoms with Gasteiger partial charge in [0.2, 0.25) is 5.89 Å². The molecule has 0 bridgehead atoms. The first kappa shape index (κ1) is 13.6. The van der Waals surface area contributed by atoms with Crippen LogP contribution in [0, 0.1) is 6.92 Å². The highest BCUT2D eigenvalue weighted by atomic mass is 16.4. The third-order valence-electron chi connectivity index (χ3n) is 3.41. The first-order valence-corrected chi connectivity index (χ1v) is 7.26. The number of nitrogens with zero attached hydrogens (tertiary/aromatic N) is 4. The Morgan fingerprint density at radius 2 is 2.10 bits per heavy atom. The maximum absolute atomic E-state index is 5.63. The molecular formula is C15H19N5O. The molecule has 110 valence electrons. The number of hydrogen-bond acceptors (Lipinski definition) is 5. The molecule has 6 heteroatoms. The number of aromatic nitrogens is 4. The molecule has 1 aromatic carbocycles. The van der Waals surface area contributed by atoms with E-state index in [0.717, 1.165) is 36.2 Å². The van der Waals surface area contributed by atoms with Crippen LogP contribution in [0.4, 0.5) is 6.01 Å². The second-order valence-electron chi connectivity index (χ2n) is 5.02. The number of para-hydroxylation sites is 2. The van der Waals surface area contributed by atoms with E-state index >= 15 is 0 Å². The van der Waals surface area contributed by atoms with E-state index in [0.29, 0.717) is 18.5 Å². The standard InChI is InChI=1S/C15H19N5O/c1-3-4-9-16-15-19-18-14(21-15)10-20-11(2)17-12-7-5-6-8-13(12)20/h5-8H,3-4,9-10H2,1-2H3,(H,16,19). The van der Waals surface area contributed by atoms with E-state index in [-0.39, 0.29) is 0 Å². The summed E-state index contributed by atoms with van der Waals surface area (Å²) in [6, 6.07) is 8.53. The van der Waals surface area contributed by atoms with Gasteiger partial charge in [-0.3, -0.25) is 0 Å². The maximum atomic E-state index is 5.63. The average Bonchev–Trinajstić information content (AvgIpc) is 3.05. The summed E-state index contributed by atoms with van der Waals surface area (Å²) in [7, 11) is 0. The van der Waals surface area contributed by atoms with Gasteiger partial charge in [0.05, 0.1) is 11.0 Å². The number of rotatable bonds is 6. The van der Waals surface area contributed by atoms with Gasteiger partial charge in [-0.2, -0.15) is 0 Å². The number of imidazole rings is 1. The molecule has 21 heavy (non-hydrogen) atoms. The highest BCUT2D eigenvalue weighted by molar-refractivity contribution is 5.75. The van der Waals surface area contributed by atoms with Crippen LogP contribution in [-0.4, -0.2) is 26.3 Å². The van der Waals surface area contributed by atoms with E-state index in [1.807, 2.05) is 31.2 Å². The van der Waals surface area contributed by atoms with Gasteiger partial charge in [0.15, 0.2) is 0 Å². The van der Waals surface area contributed by atoms with Gasteiger partial charge >= 0.3 is 6.01 Å². The molecule has 0 saturated heterocycles. The van der Waals surface area contributed by atoms with Gasteiger partial charge in [-0.15, -0.1) is 5.10 Å². The molecule has 0 saturated carbocycles. The van der Waals surface area contributed by atoms with Crippen molar-refractivity contribution in [2.75, 3.05) is 11.9 Å². The van der Waals surface area contributed by atoms with Crippen molar-refractivity contribution in [3.05, 3.63) is 36.0 Å². The molecule has 2 heterocycles. The normalized spacial score (nSPS) is 11.1. The Morgan fingerprint density at radius 1 is 1.24 bits per heavy atom. The van der Waals surface area contributed by atoms with Crippen molar-refractivity contribution in [2.24, 2.45) is 0 Å². The lowest BCUT2D eigenvalue weighted by atomic mass is 10.3. The Morgan fingerprint density at radius 3 is 2.95 bits per heavy atom. The minimum atomic E-state index is 0.487. The first-order chi connectivity index (χ1) is 10.3. The molecule has 3 aromatic rings. The number of nitrogens with one attached hydrogen (secondary N) is 1. The lowest BCUT2D eigenvalue weighted by Crippen LogP contribution is -2.02. The van der Waals surface area contributed by atoms with Crippen molar-refractivity contribution in [1.29, 1.82) is 0 Å². The second kappa shape index (κ2) is 5.95. The van der Waals surface area contributed by atoms with Gasteiger partial charge in [0, 0.05) is 6.54 Å². The van der Waals surface area contributed by atoms with Crippen LogP contribution in [0.5, 0.6) is 0 Å². The fourth-order valence-corrected chi connectivity index (χ4v) is 2.29. The van der Waals surface area contributed by atoms with E-state index in [1.165, 1.54) is 0 Å². The molecule has 0 spiro atoms. The van der Waals surface area contributed by atoms with Crippen LogP contribution in [0.2, 0.25) is 0 Å². The lowest BCUT2D eigenvalue weighted by molar-refractivity contribution is 0.487. The van der Waals surface area contributed by atoms with Crippen LogP contribution in [0.15, 0.2) is 28.7 Å². The van der Waals surface area contributed by atoms with E-state index in [4.69, 9.17) is 4.42 Å². The summed E-state index contributed by atoms with van der Waals surface area (Å²) in [5.41, 5.74) is 2.06. The quantitative estimate of drug-likeness (QED) is 0.705. The van der Waals surface area contributed by atoms with Crippen molar-refractivity contribution in [2.45, 2.75) is 33.2 Å². The molecule has 0 amide bonds. The molecule has 0 unspecified atom stereocenters. The van der Waals surface area contributed by atoms with Crippen LogP contribution in [0.3, 0.4) is 0 Å². The van der Waals surface area contributed by atoms with Gasteiger partial charge in [-0.25, -0.2) is 4.98 Å². The van der Waals surface area contributed by atoms with Crippen LogP contribution < -0.4 is 5.32 Å². The second-order valence-corrected chi connectivity index (χ2v) is 5.02. The van der Waals surface area contributed by atoms with Crippen LogP contribution >= 0.6 is 0 Å². The van der Waals surface area contributed by atoms with Gasteiger partial charge in [0.25, 0.3) is 0 Å². The molecule has 0 radical (unpaired) electrons. The van der Waals surface area contributed by atoms with Crippen molar-refractivity contribution in [3.8, 4) is 0 Å². The molecule has 0 fully saturated rings. The summed E-state index contributed by atoms with van der Waals surface area (Å²) in [5, 5.41) is 11.2. The molecule has 3 rings (SSSR count). The zero-order valence-electron chi connectivity index (χ0n) is 12.3. The van der Waals surface area contributed by atoms with Gasteiger partial charge in [-0.05, 0) is 25.5 Å². The van der Waals surface area contributed by atoms with E-state index in [2.05, 4.69) is 32.0 Å². The average molecular weight is 285 g/mol. The lowest BCUT2D eigenvalue weighted by Gasteiger charge is -2.02. The zero-order chi connectivity index (χ0) is 14.7. The summed E-state index contributed by atoms with van der Waals surface area (Å²) < 4.78 is 7.71. The highest BCUT2D eigenvalue weighted by Crippen LogP contribution is 2.17. The van der Waals surface area contributed by atoms with Crippen LogP contribution in [-0.2, 0) is 6.54 Å². The molecule has 0 aliphatic carbocycles. The van der Waals surface area contributed by atoms with E-state index < -0.39 is 0 Å². The van der Waals surface area contributed by atoms with Crippen molar-refractivity contribution in [1.82, 2.24) is 19.7 Å². The topological polar surface area (TPSA) is 68.8 Å². The minimum absolute atomic E-state index is 0.487. The summed E-state index contributed by atoms with van der Waals surface area (Å²) in [4.78, 5) is 4.53. The smallest absolute Gasteiger partial charge is 0.315 e. The molecule has 0 aliphatic rings. The van der Waals surface area contributed by atoms with Crippen molar-refractivity contribution < 1.29 is 4.42 Å². The summed E-state index contributed by atoms with van der Waals surface area (Å²) in [5.74, 6) is 1.52. The number of hydrogen-bond donors (Lipinski definition) is 1. The molecule has 6 nitrogen and oxygen atoms in total. The number of benzene rings is 1. The largest absolute Gasteiger partial charge is 0.406 e. The Labute approximate surface area is 123 Å². The monoisotopic (exact) mass is 285 g/mol. The summed E-state index contributed by atoms with van der Waals surface area (Å²) >= 11 is 0. The number of anilines is 1. The number of aryl methyl sites for hydroxylation is 1. The predicted molar refractivity (Wildman–Crippen MR) is 81.3 cm³/mol. The summed E-state index contributed by atoms with van der Waals surface area (Å²) in [6.07, 6.45) is 2.22. The van der Waals surface area contributed by atoms with Crippen molar-refractivity contribution in [3.63, 3.8) is 0 Å². The third-order valence-corrected chi connectivity index (χ3v) is 3.41.